The molecular weight excluding hydrogens is 220 g/mol. The highest BCUT2D eigenvalue weighted by Gasteiger charge is 2.98. The number of fused-ring (bicyclic) bond motifs is 2. The summed E-state index contributed by atoms with van der Waals surface area (Å²) in [4.78, 5) is 4.14. The summed E-state index contributed by atoms with van der Waals surface area (Å²) < 4.78 is 11.0. The Morgan fingerprint density at radius 3 is 2.24 bits per heavy atom. The van der Waals surface area contributed by atoms with Crippen LogP contribution in [0.25, 0.3) is 0 Å². The van der Waals surface area contributed by atoms with Crippen LogP contribution >= 0.6 is 0 Å². The first-order valence-corrected chi connectivity index (χ1v) is 5.42. The van der Waals surface area contributed by atoms with Crippen molar-refractivity contribution < 1.29 is 9.47 Å². The Kier molecular flexibility index (Phi) is 1.52. The molecular formula is C11H12N4O2. The third-order valence-electron chi connectivity index (χ3n) is 4.51. The number of aliphatic imine (C=N–C) groups is 1. The number of nitrogens with two attached hydrogens (primary N) is 1. The molecule has 88 valence electrons. The molecule has 2 N–H and O–H groups in total. The van der Waals surface area contributed by atoms with E-state index in [1.165, 1.54) is 0 Å². The Morgan fingerprint density at radius 2 is 1.82 bits per heavy atom. The van der Waals surface area contributed by atoms with E-state index in [0.29, 0.717) is 13.2 Å². The molecule has 0 aromatic rings. The van der Waals surface area contributed by atoms with Crippen molar-refractivity contribution in [1.82, 2.24) is 0 Å². The van der Waals surface area contributed by atoms with Gasteiger partial charge in [-0.05, 0) is 0 Å². The lowest BCUT2D eigenvalue weighted by molar-refractivity contribution is -0.190. The maximum atomic E-state index is 9.55. The highest BCUT2D eigenvalue weighted by Crippen LogP contribution is 2.85. The Hall–Kier alpha value is -1.63. The smallest absolute Gasteiger partial charge is 0.293 e. The van der Waals surface area contributed by atoms with Gasteiger partial charge in [0, 0.05) is 5.41 Å². The summed E-state index contributed by atoms with van der Waals surface area (Å²) >= 11 is 0. The van der Waals surface area contributed by atoms with E-state index in [9.17, 15) is 10.5 Å². The zero-order valence-electron chi connectivity index (χ0n) is 9.65. The Morgan fingerprint density at radius 1 is 1.24 bits per heavy atom. The van der Waals surface area contributed by atoms with Crippen LogP contribution in [-0.2, 0) is 9.47 Å². The van der Waals surface area contributed by atoms with Crippen LogP contribution in [0.5, 0.6) is 0 Å². The lowest BCUT2D eigenvalue weighted by Crippen LogP contribution is -2.40. The number of nitrogens with zero attached hydrogens (tertiary/aromatic N) is 3. The van der Waals surface area contributed by atoms with E-state index in [4.69, 9.17) is 15.2 Å². The standard InChI is InChI=1S/C11H12N4O2/c1-8(2)9(5-12)7(14)15-11(10(8,9)6-13)16-3-4-17-11/h3-4H2,1-2H3,(H2,14,15)/t9-,10+/m1/s1. The summed E-state index contributed by atoms with van der Waals surface area (Å²) in [5.41, 5.74) is 3.01. The van der Waals surface area contributed by atoms with Crippen molar-refractivity contribution in [3.05, 3.63) is 0 Å². The first-order valence-electron chi connectivity index (χ1n) is 5.42. The first-order chi connectivity index (χ1) is 7.96. The fourth-order valence-electron chi connectivity index (χ4n) is 3.60. The van der Waals surface area contributed by atoms with Gasteiger partial charge in [-0.25, -0.2) is 4.99 Å². The monoisotopic (exact) mass is 232 g/mol. The van der Waals surface area contributed by atoms with Gasteiger partial charge >= 0.3 is 0 Å². The number of amidine groups is 1. The van der Waals surface area contributed by atoms with Crippen molar-refractivity contribution in [2.75, 3.05) is 13.2 Å². The summed E-state index contributed by atoms with van der Waals surface area (Å²) in [7, 11) is 0. The van der Waals surface area contributed by atoms with E-state index in [1.807, 2.05) is 13.8 Å². The normalized spacial score (nSPS) is 43.6. The van der Waals surface area contributed by atoms with Crippen LogP contribution < -0.4 is 5.73 Å². The lowest BCUT2D eigenvalue weighted by atomic mass is 9.93. The maximum Gasteiger partial charge on any atom is 0.293 e. The highest BCUT2D eigenvalue weighted by atomic mass is 16.8. The van der Waals surface area contributed by atoms with Crippen molar-refractivity contribution in [2.45, 2.75) is 19.8 Å². The van der Waals surface area contributed by atoms with Crippen LogP contribution in [-0.4, -0.2) is 25.0 Å². The van der Waals surface area contributed by atoms with E-state index >= 15 is 0 Å². The van der Waals surface area contributed by atoms with E-state index in [-0.39, 0.29) is 5.84 Å². The molecule has 0 unspecified atom stereocenters. The van der Waals surface area contributed by atoms with Crippen LogP contribution in [0.4, 0.5) is 0 Å². The average molecular weight is 232 g/mol. The number of ether oxygens (including phenoxy) is 2. The van der Waals surface area contributed by atoms with Crippen molar-refractivity contribution in [3.8, 4) is 12.1 Å². The fourth-order valence-corrected chi connectivity index (χ4v) is 3.60. The molecule has 1 spiro atoms. The van der Waals surface area contributed by atoms with Crippen molar-refractivity contribution in [2.24, 2.45) is 27.0 Å². The van der Waals surface area contributed by atoms with E-state index in [0.717, 1.165) is 0 Å². The van der Waals surface area contributed by atoms with Gasteiger partial charge in [0.15, 0.2) is 5.41 Å². The SMILES string of the molecule is CC1(C)[C@]2(C#N)C3(N=C(N)[C@]12C#N)OCCO3. The molecule has 0 amide bonds. The van der Waals surface area contributed by atoms with Crippen LogP contribution in [0.1, 0.15) is 13.8 Å². The molecule has 2 atom stereocenters. The molecule has 3 rings (SSSR count). The second kappa shape index (κ2) is 2.45. The molecule has 0 aromatic heterocycles. The van der Waals surface area contributed by atoms with Gasteiger partial charge in [0.2, 0.25) is 0 Å². The molecule has 17 heavy (non-hydrogen) atoms. The topological polar surface area (TPSA) is 104 Å². The molecule has 2 heterocycles. The molecule has 0 aromatic carbocycles. The molecule has 1 aliphatic carbocycles. The summed E-state index contributed by atoms with van der Waals surface area (Å²) in [6.07, 6.45) is 0. The fraction of sp³-hybridized carbons (Fsp3) is 0.727. The van der Waals surface area contributed by atoms with E-state index in [2.05, 4.69) is 17.1 Å². The summed E-state index contributed by atoms with van der Waals surface area (Å²) in [6.45, 7) is 4.37. The van der Waals surface area contributed by atoms with Crippen molar-refractivity contribution in [1.29, 1.82) is 10.5 Å². The van der Waals surface area contributed by atoms with Crippen molar-refractivity contribution in [3.63, 3.8) is 0 Å². The van der Waals surface area contributed by atoms with Gasteiger partial charge in [-0.2, -0.15) is 10.5 Å². The maximum absolute atomic E-state index is 9.55. The number of rotatable bonds is 0. The van der Waals surface area contributed by atoms with Gasteiger partial charge in [-0.15, -0.1) is 0 Å². The average Bonchev–Trinajstić information content (AvgIpc) is 2.63. The molecule has 1 saturated carbocycles. The Labute approximate surface area is 98.6 Å². The predicted octanol–water partition coefficient (Wildman–Crippen LogP) is 0.118. The molecule has 2 aliphatic heterocycles. The largest absolute Gasteiger partial charge is 0.386 e. The Bertz CT molecular complexity index is 521. The molecule has 0 bridgehead atoms. The second-order valence-corrected chi connectivity index (χ2v) is 5.12. The number of hydrogen-bond donors (Lipinski definition) is 1. The first kappa shape index (κ1) is 10.5. The molecule has 6 nitrogen and oxygen atoms in total. The van der Waals surface area contributed by atoms with Crippen LogP contribution in [0.3, 0.4) is 0 Å². The minimum atomic E-state index is -1.38. The van der Waals surface area contributed by atoms with Gasteiger partial charge in [0.25, 0.3) is 5.91 Å². The van der Waals surface area contributed by atoms with Gasteiger partial charge in [0.1, 0.15) is 11.3 Å². The van der Waals surface area contributed by atoms with Gasteiger partial charge in [-0.3, -0.25) is 0 Å². The molecule has 2 fully saturated rings. The number of hydrogen-bond acceptors (Lipinski definition) is 6. The minimum Gasteiger partial charge on any atom is -0.386 e. The zero-order valence-corrected chi connectivity index (χ0v) is 9.65. The molecule has 0 radical (unpaired) electrons. The summed E-state index contributed by atoms with van der Waals surface area (Å²) in [5.74, 6) is -1.24. The summed E-state index contributed by atoms with van der Waals surface area (Å²) in [6, 6.07) is 4.35. The van der Waals surface area contributed by atoms with E-state index < -0.39 is 22.2 Å². The van der Waals surface area contributed by atoms with Crippen molar-refractivity contribution >= 4 is 5.84 Å². The third-order valence-corrected chi connectivity index (χ3v) is 4.51. The molecule has 3 aliphatic rings. The number of nitriles is 2. The van der Waals surface area contributed by atoms with Gasteiger partial charge < -0.3 is 15.2 Å². The Balaban J connectivity index is 2.28. The van der Waals surface area contributed by atoms with Crippen LogP contribution in [0, 0.1) is 38.9 Å². The van der Waals surface area contributed by atoms with E-state index in [1.54, 1.807) is 0 Å². The van der Waals surface area contributed by atoms with Crippen LogP contribution in [0.2, 0.25) is 0 Å². The third kappa shape index (κ3) is 0.645. The second-order valence-electron chi connectivity index (χ2n) is 5.12. The molecule has 6 heteroatoms. The van der Waals surface area contributed by atoms with Gasteiger partial charge in [0.05, 0.1) is 25.4 Å². The predicted molar refractivity (Wildman–Crippen MR) is 56.1 cm³/mol. The minimum absolute atomic E-state index is 0.147. The quantitative estimate of drug-likeness (QED) is 0.638. The van der Waals surface area contributed by atoms with Gasteiger partial charge in [-0.1, -0.05) is 13.8 Å². The zero-order chi connectivity index (χ0) is 12.5. The molecule has 1 saturated heterocycles. The lowest BCUT2D eigenvalue weighted by Gasteiger charge is -2.27. The summed E-state index contributed by atoms with van der Waals surface area (Å²) in [5, 5.41) is 19.0. The highest BCUT2D eigenvalue weighted by molar-refractivity contribution is 5.99. The van der Waals surface area contributed by atoms with Crippen LogP contribution in [0.15, 0.2) is 4.99 Å².